The number of nitrogens with one attached hydrogen (secondary N) is 1. The summed E-state index contributed by atoms with van der Waals surface area (Å²) in [5, 5.41) is 12.2. The summed E-state index contributed by atoms with van der Waals surface area (Å²) < 4.78 is 2.23. The fraction of sp³-hybridized carbons (Fsp3) is 0.846. The summed E-state index contributed by atoms with van der Waals surface area (Å²) in [6, 6.07) is 0. The zero-order chi connectivity index (χ0) is 12.3. The Morgan fingerprint density at radius 1 is 1.53 bits per heavy atom. The molecule has 1 aromatic rings. The third kappa shape index (κ3) is 2.51. The highest BCUT2D eigenvalue weighted by molar-refractivity contribution is 5.09. The van der Waals surface area contributed by atoms with Crippen LogP contribution in [0.4, 0.5) is 0 Å². The summed E-state index contributed by atoms with van der Waals surface area (Å²) in [5.74, 6) is 1.77. The molecule has 4 heteroatoms. The molecule has 96 valence electrons. The van der Waals surface area contributed by atoms with E-state index in [2.05, 4.69) is 40.9 Å². The summed E-state index contributed by atoms with van der Waals surface area (Å²) in [6.45, 7) is 8.83. The Morgan fingerprint density at radius 3 is 2.94 bits per heavy atom. The largest absolute Gasteiger partial charge is 0.316 e. The number of rotatable bonds is 5. The predicted octanol–water partition coefficient (Wildman–Crippen LogP) is 2.31. The van der Waals surface area contributed by atoms with Gasteiger partial charge < -0.3 is 9.88 Å². The van der Waals surface area contributed by atoms with Gasteiger partial charge in [0.1, 0.15) is 6.33 Å². The van der Waals surface area contributed by atoms with Crippen molar-refractivity contribution in [3.8, 4) is 0 Å². The Kier molecular flexibility index (Phi) is 3.82. The first-order valence-corrected chi connectivity index (χ1v) is 6.81. The lowest BCUT2D eigenvalue weighted by molar-refractivity contribution is 0.313. The molecule has 1 saturated heterocycles. The lowest BCUT2D eigenvalue weighted by Crippen LogP contribution is -2.39. The maximum atomic E-state index is 4.39. The topological polar surface area (TPSA) is 42.7 Å². The Morgan fingerprint density at radius 2 is 2.35 bits per heavy atom. The minimum absolute atomic E-state index is 0.0835. The summed E-state index contributed by atoms with van der Waals surface area (Å²) >= 11 is 0. The molecule has 1 unspecified atom stereocenters. The van der Waals surface area contributed by atoms with E-state index in [9.17, 15) is 0 Å². The standard InChI is InChI=1S/C13H24N4/c1-4-6-13(7-5-8-14-13)12-16-15-10-17(12)9-11(2)3/h10-11,14H,4-9H2,1-3H3. The molecule has 0 saturated carbocycles. The lowest BCUT2D eigenvalue weighted by Gasteiger charge is -2.29. The number of nitrogens with zero attached hydrogens (tertiary/aromatic N) is 3. The highest BCUT2D eigenvalue weighted by Crippen LogP contribution is 2.34. The van der Waals surface area contributed by atoms with Gasteiger partial charge in [-0.3, -0.25) is 0 Å². The first-order valence-electron chi connectivity index (χ1n) is 6.81. The van der Waals surface area contributed by atoms with Gasteiger partial charge in [0.05, 0.1) is 5.54 Å². The molecule has 1 aromatic heterocycles. The number of aromatic nitrogens is 3. The quantitative estimate of drug-likeness (QED) is 0.853. The van der Waals surface area contributed by atoms with Crippen LogP contribution in [0.2, 0.25) is 0 Å². The van der Waals surface area contributed by atoms with Crippen LogP contribution in [0, 0.1) is 5.92 Å². The molecule has 17 heavy (non-hydrogen) atoms. The molecule has 0 aromatic carbocycles. The van der Waals surface area contributed by atoms with E-state index < -0.39 is 0 Å². The van der Waals surface area contributed by atoms with E-state index in [1.165, 1.54) is 19.3 Å². The van der Waals surface area contributed by atoms with Crippen molar-refractivity contribution < 1.29 is 0 Å². The molecule has 1 N–H and O–H groups in total. The van der Waals surface area contributed by atoms with Crippen LogP contribution >= 0.6 is 0 Å². The van der Waals surface area contributed by atoms with Crippen molar-refractivity contribution >= 4 is 0 Å². The van der Waals surface area contributed by atoms with Crippen LogP contribution in [0.3, 0.4) is 0 Å². The molecule has 0 amide bonds. The average Bonchev–Trinajstić information content (AvgIpc) is 2.87. The van der Waals surface area contributed by atoms with Crippen LogP contribution in [-0.4, -0.2) is 21.3 Å². The lowest BCUT2D eigenvalue weighted by atomic mass is 9.90. The molecule has 2 heterocycles. The summed E-state index contributed by atoms with van der Waals surface area (Å²) in [7, 11) is 0. The normalized spacial score (nSPS) is 24.7. The highest BCUT2D eigenvalue weighted by atomic mass is 15.3. The van der Waals surface area contributed by atoms with E-state index >= 15 is 0 Å². The molecule has 0 spiro atoms. The van der Waals surface area contributed by atoms with Gasteiger partial charge in [0, 0.05) is 6.54 Å². The monoisotopic (exact) mass is 236 g/mol. The molecule has 1 aliphatic heterocycles. The second-order valence-corrected chi connectivity index (χ2v) is 5.56. The first-order chi connectivity index (χ1) is 8.18. The molecule has 0 radical (unpaired) electrons. The highest BCUT2D eigenvalue weighted by Gasteiger charge is 2.38. The maximum absolute atomic E-state index is 4.39. The smallest absolute Gasteiger partial charge is 0.153 e. The zero-order valence-corrected chi connectivity index (χ0v) is 11.2. The summed E-state index contributed by atoms with van der Waals surface area (Å²) in [5.41, 5.74) is 0.0835. The Bertz CT molecular complexity index is 350. The van der Waals surface area contributed by atoms with E-state index in [0.29, 0.717) is 5.92 Å². The average molecular weight is 236 g/mol. The van der Waals surface area contributed by atoms with Crippen LogP contribution in [0.5, 0.6) is 0 Å². The number of hydrogen-bond acceptors (Lipinski definition) is 3. The van der Waals surface area contributed by atoms with E-state index in [1.807, 2.05) is 6.33 Å². The van der Waals surface area contributed by atoms with Gasteiger partial charge in [0.25, 0.3) is 0 Å². The van der Waals surface area contributed by atoms with Crippen molar-refractivity contribution in [2.24, 2.45) is 5.92 Å². The molecular formula is C13H24N4. The van der Waals surface area contributed by atoms with Crippen molar-refractivity contribution in [3.05, 3.63) is 12.2 Å². The SMILES string of the molecule is CCCC1(c2nncn2CC(C)C)CCCN1. The Labute approximate surface area is 104 Å². The van der Waals surface area contributed by atoms with Crippen molar-refractivity contribution in [2.75, 3.05) is 6.54 Å². The summed E-state index contributed by atoms with van der Waals surface area (Å²) in [4.78, 5) is 0. The molecule has 1 atom stereocenters. The molecule has 2 rings (SSSR count). The molecule has 0 aliphatic carbocycles. The minimum Gasteiger partial charge on any atom is -0.316 e. The van der Waals surface area contributed by atoms with Gasteiger partial charge in [0.2, 0.25) is 0 Å². The van der Waals surface area contributed by atoms with Gasteiger partial charge in [-0.15, -0.1) is 10.2 Å². The van der Waals surface area contributed by atoms with Gasteiger partial charge in [0.15, 0.2) is 5.82 Å². The molecule has 4 nitrogen and oxygen atoms in total. The van der Waals surface area contributed by atoms with Gasteiger partial charge in [-0.2, -0.15) is 0 Å². The van der Waals surface area contributed by atoms with Crippen LogP contribution < -0.4 is 5.32 Å². The maximum Gasteiger partial charge on any atom is 0.153 e. The van der Waals surface area contributed by atoms with E-state index in [0.717, 1.165) is 25.3 Å². The fourth-order valence-corrected chi connectivity index (χ4v) is 2.90. The van der Waals surface area contributed by atoms with Crippen molar-refractivity contribution in [1.82, 2.24) is 20.1 Å². The van der Waals surface area contributed by atoms with Gasteiger partial charge in [-0.05, 0) is 31.7 Å². The second kappa shape index (κ2) is 5.17. The van der Waals surface area contributed by atoms with Crippen molar-refractivity contribution in [3.63, 3.8) is 0 Å². The molecular weight excluding hydrogens is 212 g/mol. The summed E-state index contributed by atoms with van der Waals surface area (Å²) in [6.07, 6.45) is 6.66. The fourth-order valence-electron chi connectivity index (χ4n) is 2.90. The van der Waals surface area contributed by atoms with Crippen LogP contribution in [0.25, 0.3) is 0 Å². The van der Waals surface area contributed by atoms with Gasteiger partial charge >= 0.3 is 0 Å². The van der Waals surface area contributed by atoms with Crippen LogP contribution in [0.15, 0.2) is 6.33 Å². The molecule has 1 fully saturated rings. The zero-order valence-electron chi connectivity index (χ0n) is 11.2. The van der Waals surface area contributed by atoms with Crippen LogP contribution in [0.1, 0.15) is 52.3 Å². The third-order valence-corrected chi connectivity index (χ3v) is 3.53. The second-order valence-electron chi connectivity index (χ2n) is 5.56. The first kappa shape index (κ1) is 12.6. The van der Waals surface area contributed by atoms with Gasteiger partial charge in [-0.1, -0.05) is 27.2 Å². The molecule has 0 bridgehead atoms. The Balaban J connectivity index is 2.26. The van der Waals surface area contributed by atoms with Crippen molar-refractivity contribution in [2.45, 2.75) is 58.5 Å². The van der Waals surface area contributed by atoms with Crippen LogP contribution in [-0.2, 0) is 12.1 Å². The van der Waals surface area contributed by atoms with Gasteiger partial charge in [-0.25, -0.2) is 0 Å². The van der Waals surface area contributed by atoms with E-state index in [4.69, 9.17) is 0 Å². The third-order valence-electron chi connectivity index (χ3n) is 3.53. The molecule has 1 aliphatic rings. The van der Waals surface area contributed by atoms with Crippen molar-refractivity contribution in [1.29, 1.82) is 0 Å². The minimum atomic E-state index is 0.0835. The Hall–Kier alpha value is -0.900. The van der Waals surface area contributed by atoms with E-state index in [1.54, 1.807) is 0 Å². The van der Waals surface area contributed by atoms with E-state index in [-0.39, 0.29) is 5.54 Å². The number of hydrogen-bond donors (Lipinski definition) is 1. The predicted molar refractivity (Wildman–Crippen MR) is 68.7 cm³/mol.